The number of ether oxygens (including phenoxy) is 1. The summed E-state index contributed by atoms with van der Waals surface area (Å²) >= 11 is 0. The Morgan fingerprint density at radius 3 is 2.79 bits per heavy atom. The molecule has 0 spiro atoms. The summed E-state index contributed by atoms with van der Waals surface area (Å²) in [6, 6.07) is 4.81. The zero-order valence-electron chi connectivity index (χ0n) is 11.4. The summed E-state index contributed by atoms with van der Waals surface area (Å²) in [6.07, 6.45) is 1.95. The highest BCUT2D eigenvalue weighted by Crippen LogP contribution is 2.23. The van der Waals surface area contributed by atoms with Crippen molar-refractivity contribution < 1.29 is 9.13 Å². The number of benzene rings is 1. The van der Waals surface area contributed by atoms with Gasteiger partial charge in [0, 0.05) is 24.5 Å². The molecule has 0 radical (unpaired) electrons. The van der Waals surface area contributed by atoms with E-state index in [1.54, 1.807) is 12.1 Å². The second-order valence-corrected chi connectivity index (χ2v) is 4.20. The zero-order chi connectivity index (χ0) is 13.8. The molecular formula is C14H18FN3O. The van der Waals surface area contributed by atoms with Crippen molar-refractivity contribution in [1.29, 1.82) is 0 Å². The molecule has 1 aromatic heterocycles. The lowest BCUT2D eigenvalue weighted by molar-refractivity contribution is 0.321. The number of hydrogen-bond acceptors (Lipinski definition) is 3. The van der Waals surface area contributed by atoms with Crippen LogP contribution in [0.15, 0.2) is 24.4 Å². The van der Waals surface area contributed by atoms with E-state index in [0.29, 0.717) is 18.2 Å². The molecule has 102 valence electrons. The van der Waals surface area contributed by atoms with Crippen molar-refractivity contribution in [2.45, 2.75) is 27.3 Å². The summed E-state index contributed by atoms with van der Waals surface area (Å²) in [5, 5.41) is 3.11. The number of nitrogens with one attached hydrogen (secondary N) is 1. The van der Waals surface area contributed by atoms with Gasteiger partial charge in [0.2, 0.25) is 5.95 Å². The Morgan fingerprint density at radius 1 is 1.37 bits per heavy atom. The molecule has 0 saturated heterocycles. The minimum atomic E-state index is -0.377. The lowest BCUT2D eigenvalue weighted by Crippen LogP contribution is -2.02. The van der Waals surface area contributed by atoms with Gasteiger partial charge in [0.1, 0.15) is 0 Å². The van der Waals surface area contributed by atoms with Gasteiger partial charge in [0.25, 0.3) is 0 Å². The highest BCUT2D eigenvalue weighted by atomic mass is 19.1. The average molecular weight is 263 g/mol. The molecular weight excluding hydrogens is 245 g/mol. The second-order valence-electron chi connectivity index (χ2n) is 4.20. The maximum atomic E-state index is 13.7. The van der Waals surface area contributed by atoms with Crippen LogP contribution in [0.4, 0.5) is 16.0 Å². The highest BCUT2D eigenvalue weighted by molar-refractivity contribution is 5.55. The molecule has 0 saturated carbocycles. The highest BCUT2D eigenvalue weighted by Gasteiger charge is 2.07. The standard InChI is InChI=1S/C14H18FN3O/c1-4-18-9-10(3)16-14(18)17-11-6-7-13(19-5-2)12(15)8-11/h6-9H,4-5H2,1-3H3,(H,16,17). The molecule has 0 amide bonds. The Labute approximate surface area is 112 Å². The SMILES string of the molecule is CCOc1ccc(Nc2nc(C)cn2CC)cc1F. The van der Waals surface area contributed by atoms with Crippen molar-refractivity contribution in [3.05, 3.63) is 35.9 Å². The largest absolute Gasteiger partial charge is 0.491 e. The molecule has 0 bridgehead atoms. The van der Waals surface area contributed by atoms with Crippen molar-refractivity contribution in [3.63, 3.8) is 0 Å². The number of aryl methyl sites for hydroxylation is 2. The molecule has 0 fully saturated rings. The molecule has 0 unspecified atom stereocenters. The molecule has 1 heterocycles. The topological polar surface area (TPSA) is 39.1 Å². The van der Waals surface area contributed by atoms with Gasteiger partial charge in [-0.3, -0.25) is 0 Å². The van der Waals surface area contributed by atoms with Crippen molar-refractivity contribution in [2.75, 3.05) is 11.9 Å². The minimum absolute atomic E-state index is 0.267. The van der Waals surface area contributed by atoms with Crippen LogP contribution in [0, 0.1) is 12.7 Å². The van der Waals surface area contributed by atoms with Crippen LogP contribution in [0.1, 0.15) is 19.5 Å². The van der Waals surface area contributed by atoms with Gasteiger partial charge in [-0.25, -0.2) is 9.37 Å². The van der Waals surface area contributed by atoms with Gasteiger partial charge in [0.15, 0.2) is 11.6 Å². The number of aromatic nitrogens is 2. The fourth-order valence-electron chi connectivity index (χ4n) is 1.87. The first-order chi connectivity index (χ1) is 9.13. The van der Waals surface area contributed by atoms with Gasteiger partial charge < -0.3 is 14.6 Å². The van der Waals surface area contributed by atoms with E-state index in [0.717, 1.165) is 12.2 Å². The van der Waals surface area contributed by atoms with Crippen molar-refractivity contribution in [3.8, 4) is 5.75 Å². The summed E-state index contributed by atoms with van der Waals surface area (Å²) in [4.78, 5) is 4.36. The molecule has 19 heavy (non-hydrogen) atoms. The van der Waals surface area contributed by atoms with Gasteiger partial charge in [-0.05, 0) is 32.9 Å². The van der Waals surface area contributed by atoms with E-state index in [4.69, 9.17) is 4.74 Å². The van der Waals surface area contributed by atoms with Gasteiger partial charge >= 0.3 is 0 Å². The van der Waals surface area contributed by atoms with Crippen molar-refractivity contribution >= 4 is 11.6 Å². The average Bonchev–Trinajstić information content (AvgIpc) is 2.73. The van der Waals surface area contributed by atoms with Gasteiger partial charge in [0.05, 0.1) is 12.3 Å². The second kappa shape index (κ2) is 5.73. The molecule has 1 N–H and O–H groups in total. The number of imidazole rings is 1. The van der Waals surface area contributed by atoms with Crippen LogP contribution < -0.4 is 10.1 Å². The Morgan fingerprint density at radius 2 is 2.16 bits per heavy atom. The third-order valence-electron chi connectivity index (χ3n) is 2.73. The van der Waals surface area contributed by atoms with E-state index in [-0.39, 0.29) is 11.6 Å². The molecule has 0 aliphatic heterocycles. The number of hydrogen-bond donors (Lipinski definition) is 1. The smallest absolute Gasteiger partial charge is 0.207 e. The van der Waals surface area contributed by atoms with E-state index in [1.807, 2.05) is 31.5 Å². The van der Waals surface area contributed by atoms with Crippen LogP contribution >= 0.6 is 0 Å². The summed E-state index contributed by atoms with van der Waals surface area (Å²) in [6.45, 7) is 7.04. The molecule has 5 heteroatoms. The maximum Gasteiger partial charge on any atom is 0.207 e. The van der Waals surface area contributed by atoms with E-state index in [1.165, 1.54) is 6.07 Å². The third kappa shape index (κ3) is 3.05. The molecule has 4 nitrogen and oxygen atoms in total. The van der Waals surface area contributed by atoms with Crippen LogP contribution in [0.25, 0.3) is 0 Å². The number of nitrogens with zero attached hydrogens (tertiary/aromatic N) is 2. The summed E-state index contributed by atoms with van der Waals surface area (Å²) in [7, 11) is 0. The van der Waals surface area contributed by atoms with Crippen LogP contribution in [0.5, 0.6) is 5.75 Å². The summed E-state index contributed by atoms with van der Waals surface area (Å²) in [5.41, 5.74) is 1.58. The molecule has 0 atom stereocenters. The predicted octanol–water partition coefficient (Wildman–Crippen LogP) is 3.49. The van der Waals surface area contributed by atoms with E-state index >= 15 is 0 Å². The minimum Gasteiger partial charge on any atom is -0.491 e. The molecule has 2 rings (SSSR count). The van der Waals surface area contributed by atoms with Gasteiger partial charge in [-0.2, -0.15) is 0 Å². The number of rotatable bonds is 5. The predicted molar refractivity (Wildman–Crippen MR) is 73.5 cm³/mol. The van der Waals surface area contributed by atoms with Crippen LogP contribution in [0.2, 0.25) is 0 Å². The van der Waals surface area contributed by atoms with Crippen molar-refractivity contribution in [2.24, 2.45) is 0 Å². The van der Waals surface area contributed by atoms with E-state index in [2.05, 4.69) is 10.3 Å². The maximum absolute atomic E-state index is 13.7. The van der Waals surface area contributed by atoms with Crippen molar-refractivity contribution in [1.82, 2.24) is 9.55 Å². The Hall–Kier alpha value is -2.04. The first-order valence-electron chi connectivity index (χ1n) is 6.37. The lowest BCUT2D eigenvalue weighted by Gasteiger charge is -2.09. The first kappa shape index (κ1) is 13.4. The molecule has 1 aromatic carbocycles. The molecule has 0 aliphatic rings. The lowest BCUT2D eigenvalue weighted by atomic mass is 10.3. The normalized spacial score (nSPS) is 10.5. The van der Waals surface area contributed by atoms with Crippen LogP contribution in [-0.4, -0.2) is 16.2 Å². The Kier molecular flexibility index (Phi) is 4.04. The van der Waals surface area contributed by atoms with Crippen LogP contribution in [0.3, 0.4) is 0 Å². The van der Waals surface area contributed by atoms with E-state index < -0.39 is 0 Å². The van der Waals surface area contributed by atoms with E-state index in [9.17, 15) is 4.39 Å². The first-order valence-corrected chi connectivity index (χ1v) is 6.37. The zero-order valence-corrected chi connectivity index (χ0v) is 11.4. The monoisotopic (exact) mass is 263 g/mol. The van der Waals surface area contributed by atoms with Gasteiger partial charge in [-0.1, -0.05) is 0 Å². The Balaban J connectivity index is 2.21. The molecule has 0 aliphatic carbocycles. The summed E-state index contributed by atoms with van der Waals surface area (Å²) < 4.78 is 20.9. The fourth-order valence-corrected chi connectivity index (χ4v) is 1.87. The third-order valence-corrected chi connectivity index (χ3v) is 2.73. The molecule has 2 aromatic rings. The number of halogens is 1. The number of anilines is 2. The van der Waals surface area contributed by atoms with Gasteiger partial charge in [-0.15, -0.1) is 0 Å². The fraction of sp³-hybridized carbons (Fsp3) is 0.357. The quantitative estimate of drug-likeness (QED) is 0.897. The van der Waals surface area contributed by atoms with Crippen LogP contribution in [-0.2, 0) is 6.54 Å². The summed E-state index contributed by atoms with van der Waals surface area (Å²) in [5.74, 6) is 0.602. The Bertz CT molecular complexity index is 566.